The first kappa shape index (κ1) is 19.9. The molecule has 0 radical (unpaired) electrons. The number of benzene rings is 2. The highest BCUT2D eigenvalue weighted by Gasteiger charge is 2.12. The summed E-state index contributed by atoms with van der Waals surface area (Å²) in [6.45, 7) is 1.87. The molecule has 0 bridgehead atoms. The molecule has 0 saturated heterocycles. The fraction of sp³-hybridized carbons (Fsp3) is 0.200. The van der Waals surface area contributed by atoms with Gasteiger partial charge in [-0.05, 0) is 36.8 Å². The molecule has 0 aliphatic carbocycles. The third-order valence-corrected chi connectivity index (χ3v) is 6.80. The van der Waals surface area contributed by atoms with Gasteiger partial charge in [0.05, 0.1) is 16.0 Å². The minimum atomic E-state index is -0.126. The van der Waals surface area contributed by atoms with Crippen molar-refractivity contribution in [1.82, 2.24) is 15.1 Å². The van der Waals surface area contributed by atoms with Crippen LogP contribution < -0.4 is 5.32 Å². The zero-order valence-electron chi connectivity index (χ0n) is 15.5. The Labute approximate surface area is 180 Å². The standard InChI is InChI=1S/C20H17ClN4O2S2/c1-12-13(21)5-4-7-14(12)22-18(26)9-10-19-24-17(25-27-19)11-28-20-23-15-6-2-3-8-16(15)29-20/h2-8H,9-11H2,1H3,(H,22,26). The predicted octanol–water partition coefficient (Wildman–Crippen LogP) is 5.50. The SMILES string of the molecule is Cc1c(Cl)cccc1NC(=O)CCc1nc(CSc2nc3ccccc3s2)no1. The Bertz CT molecular complexity index is 1130. The average Bonchev–Trinajstić information content (AvgIpc) is 3.34. The molecular formula is C20H17ClN4O2S2. The molecular weight excluding hydrogens is 428 g/mol. The van der Waals surface area contributed by atoms with Gasteiger partial charge in [-0.25, -0.2) is 4.98 Å². The topological polar surface area (TPSA) is 80.9 Å². The Morgan fingerprint density at radius 1 is 1.21 bits per heavy atom. The van der Waals surface area contributed by atoms with Crippen molar-refractivity contribution in [2.75, 3.05) is 5.32 Å². The molecule has 0 aliphatic heterocycles. The lowest BCUT2D eigenvalue weighted by molar-refractivity contribution is -0.116. The second-order valence-corrected chi connectivity index (χ2v) is 8.96. The van der Waals surface area contributed by atoms with E-state index in [1.807, 2.05) is 31.2 Å². The van der Waals surface area contributed by atoms with Crippen molar-refractivity contribution >= 4 is 56.5 Å². The molecule has 2 heterocycles. The minimum Gasteiger partial charge on any atom is -0.339 e. The van der Waals surface area contributed by atoms with Crippen LogP contribution in [0.2, 0.25) is 5.02 Å². The maximum absolute atomic E-state index is 12.2. The van der Waals surface area contributed by atoms with Gasteiger partial charge in [0.2, 0.25) is 11.8 Å². The van der Waals surface area contributed by atoms with Gasteiger partial charge < -0.3 is 9.84 Å². The van der Waals surface area contributed by atoms with Gasteiger partial charge in [-0.1, -0.05) is 46.7 Å². The highest BCUT2D eigenvalue weighted by molar-refractivity contribution is 8.00. The number of carbonyl (C=O) groups is 1. The van der Waals surface area contributed by atoms with Crippen LogP contribution in [0.5, 0.6) is 0 Å². The summed E-state index contributed by atoms with van der Waals surface area (Å²) in [6.07, 6.45) is 0.628. The van der Waals surface area contributed by atoms with Crippen LogP contribution in [-0.4, -0.2) is 21.0 Å². The molecule has 6 nitrogen and oxygen atoms in total. The van der Waals surface area contributed by atoms with E-state index in [1.54, 1.807) is 35.2 Å². The zero-order chi connectivity index (χ0) is 20.2. The average molecular weight is 445 g/mol. The number of para-hydroxylation sites is 1. The molecule has 0 unspecified atom stereocenters. The predicted molar refractivity (Wildman–Crippen MR) is 117 cm³/mol. The molecule has 2 aromatic heterocycles. The van der Waals surface area contributed by atoms with Crippen LogP contribution in [-0.2, 0) is 17.0 Å². The lowest BCUT2D eigenvalue weighted by Crippen LogP contribution is -2.13. The van der Waals surface area contributed by atoms with Crippen LogP contribution in [0.3, 0.4) is 0 Å². The molecule has 4 aromatic rings. The number of halogens is 1. The second-order valence-electron chi connectivity index (χ2n) is 6.30. The molecule has 1 amide bonds. The van der Waals surface area contributed by atoms with Crippen LogP contribution in [0.25, 0.3) is 10.2 Å². The third kappa shape index (κ3) is 4.95. The van der Waals surface area contributed by atoms with Crippen LogP contribution in [0, 0.1) is 6.92 Å². The molecule has 148 valence electrons. The summed E-state index contributed by atoms with van der Waals surface area (Å²) in [5.41, 5.74) is 2.55. The lowest BCUT2D eigenvalue weighted by atomic mass is 10.2. The molecule has 9 heteroatoms. The van der Waals surface area contributed by atoms with E-state index in [2.05, 4.69) is 26.5 Å². The highest BCUT2D eigenvalue weighted by atomic mass is 35.5. The van der Waals surface area contributed by atoms with E-state index in [1.165, 1.54) is 0 Å². The number of carbonyl (C=O) groups excluding carboxylic acids is 1. The first-order valence-electron chi connectivity index (χ1n) is 8.93. The van der Waals surface area contributed by atoms with Crippen LogP contribution in [0.1, 0.15) is 23.7 Å². The molecule has 0 saturated carbocycles. The summed E-state index contributed by atoms with van der Waals surface area (Å²) >= 11 is 9.30. The quantitative estimate of drug-likeness (QED) is 0.379. The highest BCUT2D eigenvalue weighted by Crippen LogP contribution is 2.30. The van der Waals surface area contributed by atoms with Crippen molar-refractivity contribution in [3.8, 4) is 0 Å². The van der Waals surface area contributed by atoms with E-state index in [4.69, 9.17) is 16.1 Å². The van der Waals surface area contributed by atoms with Crippen molar-refractivity contribution in [2.45, 2.75) is 29.9 Å². The number of anilines is 1. The molecule has 0 atom stereocenters. The molecule has 0 spiro atoms. The van der Waals surface area contributed by atoms with Gasteiger partial charge in [0.15, 0.2) is 10.2 Å². The van der Waals surface area contributed by atoms with Gasteiger partial charge in [-0.2, -0.15) is 4.98 Å². The summed E-state index contributed by atoms with van der Waals surface area (Å²) in [4.78, 5) is 21.1. The normalized spacial score (nSPS) is 11.1. The number of nitrogens with zero attached hydrogens (tertiary/aromatic N) is 3. The number of thioether (sulfide) groups is 1. The molecule has 1 N–H and O–H groups in total. The van der Waals surface area contributed by atoms with Crippen molar-refractivity contribution in [2.24, 2.45) is 0 Å². The fourth-order valence-electron chi connectivity index (χ4n) is 2.67. The van der Waals surface area contributed by atoms with E-state index in [0.717, 1.165) is 20.1 Å². The van der Waals surface area contributed by atoms with Crippen molar-refractivity contribution in [1.29, 1.82) is 0 Å². The maximum Gasteiger partial charge on any atom is 0.227 e. The molecule has 29 heavy (non-hydrogen) atoms. The lowest BCUT2D eigenvalue weighted by Gasteiger charge is -2.08. The number of thiazole rings is 1. The van der Waals surface area contributed by atoms with E-state index in [9.17, 15) is 4.79 Å². The number of fused-ring (bicyclic) bond motifs is 1. The second kappa shape index (κ2) is 8.94. The van der Waals surface area contributed by atoms with Crippen molar-refractivity contribution < 1.29 is 9.32 Å². The van der Waals surface area contributed by atoms with E-state index in [0.29, 0.717) is 34.6 Å². The first-order chi connectivity index (χ1) is 14.1. The number of amides is 1. The number of nitrogens with one attached hydrogen (secondary N) is 1. The fourth-order valence-corrected chi connectivity index (χ4v) is 4.75. The number of rotatable bonds is 7. The molecule has 4 rings (SSSR count). The number of aryl methyl sites for hydroxylation is 1. The van der Waals surface area contributed by atoms with Gasteiger partial charge in [-0.15, -0.1) is 11.3 Å². The number of aromatic nitrogens is 3. The van der Waals surface area contributed by atoms with Crippen LogP contribution >= 0.6 is 34.7 Å². The summed E-state index contributed by atoms with van der Waals surface area (Å²) < 4.78 is 7.39. The Morgan fingerprint density at radius 2 is 2.07 bits per heavy atom. The minimum absolute atomic E-state index is 0.126. The maximum atomic E-state index is 12.2. The summed E-state index contributed by atoms with van der Waals surface area (Å²) in [7, 11) is 0. The molecule has 0 aliphatic rings. The van der Waals surface area contributed by atoms with Crippen molar-refractivity contribution in [3.05, 3.63) is 64.8 Å². The van der Waals surface area contributed by atoms with E-state index in [-0.39, 0.29) is 12.3 Å². The summed E-state index contributed by atoms with van der Waals surface area (Å²) in [5.74, 6) is 1.48. The Morgan fingerprint density at radius 3 is 2.93 bits per heavy atom. The van der Waals surface area contributed by atoms with Crippen LogP contribution in [0.15, 0.2) is 51.3 Å². The third-order valence-electron chi connectivity index (χ3n) is 4.22. The first-order valence-corrected chi connectivity index (χ1v) is 11.1. The van der Waals surface area contributed by atoms with Gasteiger partial charge in [0.1, 0.15) is 0 Å². The smallest absolute Gasteiger partial charge is 0.227 e. The van der Waals surface area contributed by atoms with Gasteiger partial charge in [-0.3, -0.25) is 4.79 Å². The number of hydrogen-bond acceptors (Lipinski definition) is 7. The van der Waals surface area contributed by atoms with Gasteiger partial charge >= 0.3 is 0 Å². The summed E-state index contributed by atoms with van der Waals surface area (Å²) in [5, 5.41) is 7.48. The Balaban J connectivity index is 1.28. The largest absolute Gasteiger partial charge is 0.339 e. The Hall–Kier alpha value is -2.42. The monoisotopic (exact) mass is 444 g/mol. The van der Waals surface area contributed by atoms with Gasteiger partial charge in [0, 0.05) is 23.6 Å². The van der Waals surface area contributed by atoms with Crippen molar-refractivity contribution in [3.63, 3.8) is 0 Å². The van der Waals surface area contributed by atoms with Crippen LogP contribution in [0.4, 0.5) is 5.69 Å². The summed E-state index contributed by atoms with van der Waals surface area (Å²) in [6, 6.07) is 13.5. The van der Waals surface area contributed by atoms with E-state index >= 15 is 0 Å². The molecule has 0 fully saturated rings. The van der Waals surface area contributed by atoms with Gasteiger partial charge in [0.25, 0.3) is 0 Å². The zero-order valence-corrected chi connectivity index (χ0v) is 17.9. The molecule has 2 aromatic carbocycles. The Kier molecular flexibility index (Phi) is 6.13. The van der Waals surface area contributed by atoms with E-state index < -0.39 is 0 Å². The number of hydrogen-bond donors (Lipinski definition) is 1.